The third-order valence-corrected chi connectivity index (χ3v) is 4.83. The van der Waals surface area contributed by atoms with Gasteiger partial charge in [-0.2, -0.15) is 10.2 Å². The summed E-state index contributed by atoms with van der Waals surface area (Å²) < 4.78 is 16.8. The van der Waals surface area contributed by atoms with Crippen molar-refractivity contribution < 1.29 is 14.0 Å². The first-order valence-corrected chi connectivity index (χ1v) is 8.89. The highest BCUT2D eigenvalue weighted by Gasteiger charge is 2.29. The summed E-state index contributed by atoms with van der Waals surface area (Å²) in [5.74, 6) is 1.06. The summed E-state index contributed by atoms with van der Waals surface area (Å²) in [6, 6.07) is 11.7. The van der Waals surface area contributed by atoms with Gasteiger partial charge in [0.2, 0.25) is 5.88 Å². The maximum Gasteiger partial charge on any atom is 0.494 e. The lowest BCUT2D eigenvalue weighted by Gasteiger charge is -2.15. The highest BCUT2D eigenvalue weighted by molar-refractivity contribution is 6.62. The van der Waals surface area contributed by atoms with Gasteiger partial charge >= 0.3 is 7.12 Å². The number of anilines is 2. The number of ether oxygens (including phenoxy) is 1. The van der Waals surface area contributed by atoms with Crippen LogP contribution in [0.4, 0.5) is 11.5 Å². The molecule has 1 aliphatic heterocycles. The zero-order valence-corrected chi connectivity index (χ0v) is 14.7. The number of hydrogen-bond donors (Lipinski definition) is 1. The zero-order valence-electron chi connectivity index (χ0n) is 14.7. The van der Waals surface area contributed by atoms with E-state index in [0.717, 1.165) is 29.6 Å². The summed E-state index contributed by atoms with van der Waals surface area (Å²) in [6.07, 6.45) is 4.55. The quantitative estimate of drug-likeness (QED) is 0.837. The van der Waals surface area contributed by atoms with Crippen LogP contribution in [0.25, 0.3) is 0 Å². The molecule has 4 rings (SSSR count). The summed E-state index contributed by atoms with van der Waals surface area (Å²) in [7, 11) is 1.34. The van der Waals surface area contributed by atoms with Gasteiger partial charge in [-0.1, -0.05) is 6.07 Å². The molecule has 1 aliphatic carbocycles. The Morgan fingerprint density at radius 2 is 2.12 bits per heavy atom. The van der Waals surface area contributed by atoms with Gasteiger partial charge in [0.25, 0.3) is 0 Å². The van der Waals surface area contributed by atoms with E-state index in [4.69, 9.17) is 14.0 Å². The standard InChI is InChI=1S/C19H20BN3O3/c1-24-20-17-8-7-15(10-14(17)12-25-20)22-18-9-6-13(11-21)19(23-18)26-16-4-2-3-5-16/h6-10,16H,2-5,12H2,1H3,(H,22,23). The molecular formula is C19H20BN3O3. The highest BCUT2D eigenvalue weighted by Crippen LogP contribution is 2.27. The molecule has 0 unspecified atom stereocenters. The second kappa shape index (κ2) is 7.36. The highest BCUT2D eigenvalue weighted by atomic mass is 16.6. The van der Waals surface area contributed by atoms with Gasteiger partial charge in [-0.3, -0.25) is 0 Å². The molecule has 2 aliphatic rings. The van der Waals surface area contributed by atoms with E-state index in [-0.39, 0.29) is 13.2 Å². The third kappa shape index (κ3) is 3.39. The summed E-state index contributed by atoms with van der Waals surface area (Å²) in [5, 5.41) is 12.6. The van der Waals surface area contributed by atoms with Gasteiger partial charge < -0.3 is 19.4 Å². The molecule has 0 saturated heterocycles. The number of nitrogens with one attached hydrogen (secondary N) is 1. The normalized spacial score (nSPS) is 16.4. The Morgan fingerprint density at radius 1 is 1.27 bits per heavy atom. The van der Waals surface area contributed by atoms with E-state index in [1.54, 1.807) is 19.2 Å². The molecule has 1 aromatic carbocycles. The molecule has 0 spiro atoms. The van der Waals surface area contributed by atoms with Gasteiger partial charge in [0, 0.05) is 12.8 Å². The molecule has 2 heterocycles. The molecule has 0 amide bonds. The van der Waals surface area contributed by atoms with Crippen LogP contribution in [0, 0.1) is 11.3 Å². The van der Waals surface area contributed by atoms with Crippen molar-refractivity contribution in [3.8, 4) is 11.9 Å². The summed E-state index contributed by atoms with van der Waals surface area (Å²) in [5.41, 5.74) is 3.52. The van der Waals surface area contributed by atoms with Crippen molar-refractivity contribution in [3.63, 3.8) is 0 Å². The Labute approximate surface area is 153 Å². The molecule has 1 N–H and O–H groups in total. The SMILES string of the molecule is COB1OCc2cc(Nc3ccc(C#N)c(OC4CCCC4)n3)ccc21. The summed E-state index contributed by atoms with van der Waals surface area (Å²) >= 11 is 0. The second-order valence-corrected chi connectivity index (χ2v) is 6.60. The molecule has 2 aromatic rings. The van der Waals surface area contributed by atoms with Crippen LogP contribution < -0.4 is 15.5 Å². The van der Waals surface area contributed by atoms with E-state index < -0.39 is 0 Å². The molecule has 132 valence electrons. The molecule has 0 radical (unpaired) electrons. The number of rotatable bonds is 5. The van der Waals surface area contributed by atoms with Gasteiger partial charge in [0.05, 0.1) is 6.61 Å². The van der Waals surface area contributed by atoms with E-state index in [9.17, 15) is 5.26 Å². The van der Waals surface area contributed by atoms with Gasteiger partial charge in [0.15, 0.2) is 0 Å². The summed E-state index contributed by atoms with van der Waals surface area (Å²) in [6.45, 7) is 0.528. The first kappa shape index (κ1) is 16.9. The number of benzene rings is 1. The minimum absolute atomic E-state index is 0.160. The number of nitriles is 1. The van der Waals surface area contributed by atoms with Gasteiger partial charge in [-0.15, -0.1) is 0 Å². The van der Waals surface area contributed by atoms with Crippen LogP contribution in [-0.2, 0) is 15.9 Å². The number of hydrogen-bond acceptors (Lipinski definition) is 6. The molecule has 7 heteroatoms. The monoisotopic (exact) mass is 349 g/mol. The Balaban J connectivity index is 1.54. The van der Waals surface area contributed by atoms with Crippen molar-refractivity contribution >= 4 is 24.1 Å². The minimum Gasteiger partial charge on any atom is -0.473 e. The van der Waals surface area contributed by atoms with Crippen LogP contribution in [0.3, 0.4) is 0 Å². The van der Waals surface area contributed by atoms with Crippen LogP contribution in [0.1, 0.15) is 36.8 Å². The smallest absolute Gasteiger partial charge is 0.473 e. The largest absolute Gasteiger partial charge is 0.494 e. The van der Waals surface area contributed by atoms with E-state index in [1.807, 2.05) is 18.2 Å². The van der Waals surface area contributed by atoms with Crippen LogP contribution in [0.15, 0.2) is 30.3 Å². The Bertz CT molecular complexity index is 846. The van der Waals surface area contributed by atoms with Crippen molar-refractivity contribution in [2.24, 2.45) is 0 Å². The lowest BCUT2D eigenvalue weighted by atomic mass is 9.79. The first-order valence-electron chi connectivity index (χ1n) is 8.89. The summed E-state index contributed by atoms with van der Waals surface area (Å²) in [4.78, 5) is 4.52. The topological polar surface area (TPSA) is 76.4 Å². The van der Waals surface area contributed by atoms with Crippen LogP contribution in [-0.4, -0.2) is 25.3 Å². The molecule has 6 nitrogen and oxygen atoms in total. The molecule has 1 aromatic heterocycles. The number of pyridine rings is 1. The molecule has 26 heavy (non-hydrogen) atoms. The first-order chi connectivity index (χ1) is 12.8. The fraction of sp³-hybridized carbons (Fsp3) is 0.368. The van der Waals surface area contributed by atoms with Gasteiger partial charge in [-0.05, 0) is 61.0 Å². The Hall–Kier alpha value is -2.56. The van der Waals surface area contributed by atoms with Crippen LogP contribution >= 0.6 is 0 Å². The molecule has 0 atom stereocenters. The van der Waals surface area contributed by atoms with Crippen molar-refractivity contribution in [2.75, 3.05) is 12.4 Å². The van der Waals surface area contributed by atoms with E-state index in [1.165, 1.54) is 12.8 Å². The zero-order chi connectivity index (χ0) is 17.9. The van der Waals surface area contributed by atoms with E-state index in [2.05, 4.69) is 16.4 Å². The molecular weight excluding hydrogens is 329 g/mol. The predicted molar refractivity (Wildman–Crippen MR) is 98.7 cm³/mol. The number of nitrogens with zero attached hydrogens (tertiary/aromatic N) is 2. The lowest BCUT2D eigenvalue weighted by Crippen LogP contribution is -2.30. The molecule has 1 fully saturated rings. The fourth-order valence-electron chi connectivity index (χ4n) is 3.49. The number of fused-ring (bicyclic) bond motifs is 1. The lowest BCUT2D eigenvalue weighted by molar-refractivity contribution is 0.201. The van der Waals surface area contributed by atoms with E-state index in [0.29, 0.717) is 23.9 Å². The van der Waals surface area contributed by atoms with Crippen LogP contribution in [0.5, 0.6) is 5.88 Å². The van der Waals surface area contributed by atoms with Crippen LogP contribution in [0.2, 0.25) is 0 Å². The predicted octanol–water partition coefficient (Wildman–Crippen LogP) is 2.89. The third-order valence-electron chi connectivity index (χ3n) is 4.83. The second-order valence-electron chi connectivity index (χ2n) is 6.60. The van der Waals surface area contributed by atoms with E-state index >= 15 is 0 Å². The average Bonchev–Trinajstić information content (AvgIpc) is 3.31. The number of aromatic nitrogens is 1. The van der Waals surface area contributed by atoms with Crippen molar-refractivity contribution in [1.82, 2.24) is 4.98 Å². The van der Waals surface area contributed by atoms with Crippen molar-refractivity contribution in [3.05, 3.63) is 41.5 Å². The Kier molecular flexibility index (Phi) is 4.78. The molecule has 1 saturated carbocycles. The van der Waals surface area contributed by atoms with Crippen molar-refractivity contribution in [1.29, 1.82) is 5.26 Å². The van der Waals surface area contributed by atoms with Gasteiger partial charge in [0.1, 0.15) is 23.6 Å². The minimum atomic E-state index is -0.293. The Morgan fingerprint density at radius 3 is 2.88 bits per heavy atom. The maximum absolute atomic E-state index is 9.31. The molecule has 0 bridgehead atoms. The van der Waals surface area contributed by atoms with Crippen molar-refractivity contribution in [2.45, 2.75) is 38.4 Å². The average molecular weight is 349 g/mol. The fourth-order valence-corrected chi connectivity index (χ4v) is 3.49. The van der Waals surface area contributed by atoms with Gasteiger partial charge in [-0.25, -0.2) is 0 Å². The maximum atomic E-state index is 9.31.